The predicted molar refractivity (Wildman–Crippen MR) is 38.6 cm³/mol. The van der Waals surface area contributed by atoms with Crippen LogP contribution >= 0.6 is 10.2 Å². The molecule has 0 aliphatic carbocycles. The van der Waals surface area contributed by atoms with Gasteiger partial charge in [0, 0.05) is 32.7 Å². The van der Waals surface area contributed by atoms with Crippen molar-refractivity contribution in [1.29, 1.82) is 0 Å². The molecule has 0 fully saturated rings. The van der Waals surface area contributed by atoms with Gasteiger partial charge < -0.3 is 4.74 Å². The van der Waals surface area contributed by atoms with E-state index in [0.29, 0.717) is 0 Å². The number of hydrogen-bond acceptors (Lipinski definition) is 2. The number of carbonyl (C=O) groups is 1. The van der Waals surface area contributed by atoms with Gasteiger partial charge in [-0.05, 0) is 6.08 Å². The average molecular weight is 314 g/mol. The molecule has 1 radical (unpaired) electrons. The molecule has 0 aromatic carbocycles. The maximum Gasteiger partial charge on any atom is 0.304 e. The van der Waals surface area contributed by atoms with Gasteiger partial charge in [0.25, 0.3) is 0 Å². The summed E-state index contributed by atoms with van der Waals surface area (Å²) in [6.45, 7) is 1.77. The third-order valence-corrected chi connectivity index (χ3v) is 1.40. The second-order valence-electron chi connectivity index (χ2n) is 2.08. The Morgan fingerprint density at radius 1 is 1.29 bits per heavy atom. The minimum absolute atomic E-state index is 0. The fourth-order valence-corrected chi connectivity index (χ4v) is 0.804. The summed E-state index contributed by atoms with van der Waals surface area (Å²) >= 11 is 0. The van der Waals surface area contributed by atoms with Gasteiger partial charge in [0.2, 0.25) is 0 Å². The van der Waals surface area contributed by atoms with Crippen LogP contribution in [0.4, 0.5) is 19.4 Å². The Morgan fingerprint density at radius 3 is 2.00 bits per heavy atom. The van der Waals surface area contributed by atoms with E-state index >= 15 is 0 Å². The molecule has 0 aliphatic rings. The van der Waals surface area contributed by atoms with Gasteiger partial charge in [-0.15, -0.1) is 0 Å². The van der Waals surface area contributed by atoms with Crippen molar-refractivity contribution in [2.24, 2.45) is 0 Å². The van der Waals surface area contributed by atoms with Crippen molar-refractivity contribution in [3.8, 4) is 0 Å². The first-order valence-corrected chi connectivity index (χ1v) is 4.81. The topological polar surface area (TPSA) is 26.3 Å². The standard InChI is InChI=1S/C5H6F5O2S.Y/c1-5(11)12-3-2-4-13(6,7,8,9)10;/h2,4H,1,3H2;/q-1;/b4-2+;. The minimum atomic E-state index is -9.51. The fourth-order valence-electron chi connectivity index (χ4n) is 0.362. The number of halogens is 5. The van der Waals surface area contributed by atoms with Gasteiger partial charge in [0.15, 0.2) is 5.97 Å². The van der Waals surface area contributed by atoms with Gasteiger partial charge in [0.1, 0.15) is 6.61 Å². The van der Waals surface area contributed by atoms with Gasteiger partial charge in [-0.25, -0.2) is 0 Å². The summed E-state index contributed by atoms with van der Waals surface area (Å²) in [5.74, 6) is -1.09. The van der Waals surface area contributed by atoms with Gasteiger partial charge in [0.05, 0.1) is 5.41 Å². The molecule has 0 rings (SSSR count). The third kappa shape index (κ3) is 14.7. The zero-order chi connectivity index (χ0) is 10.8. The molecule has 0 aromatic rings. The molecular weight excluding hydrogens is 308 g/mol. The first-order valence-electron chi connectivity index (χ1n) is 2.80. The maximum absolute atomic E-state index is 11.5. The van der Waals surface area contributed by atoms with Crippen LogP contribution in [0.15, 0.2) is 11.5 Å². The van der Waals surface area contributed by atoms with Crippen LogP contribution in [0.3, 0.4) is 0 Å². The average Bonchev–Trinajstić information content (AvgIpc) is 1.74. The fraction of sp³-hybridized carbons (Fsp3) is 0.200. The zero-order valence-corrected chi connectivity index (χ0v) is 10.4. The summed E-state index contributed by atoms with van der Waals surface area (Å²) < 4.78 is 61.4. The van der Waals surface area contributed by atoms with E-state index in [-0.39, 0.29) is 38.8 Å². The normalized spacial score (nSPS) is 16.6. The van der Waals surface area contributed by atoms with Crippen LogP contribution in [-0.4, -0.2) is 12.6 Å². The smallest absolute Gasteiger partial charge is 0.304 e. The van der Waals surface area contributed by atoms with Crippen molar-refractivity contribution in [2.75, 3.05) is 6.61 Å². The Bertz CT molecular complexity index is 244. The third-order valence-electron chi connectivity index (χ3n) is 0.694. The first kappa shape index (κ1) is 16.6. The Kier molecular flexibility index (Phi) is 4.72. The monoisotopic (exact) mass is 314 g/mol. The maximum atomic E-state index is 11.5. The first-order chi connectivity index (χ1) is 5.39. The molecular formula is C5H6F5O2SY-. The molecule has 0 heterocycles. The van der Waals surface area contributed by atoms with Crippen LogP contribution in [0.5, 0.6) is 0 Å². The Balaban J connectivity index is 0. The molecule has 9 heteroatoms. The molecule has 2 nitrogen and oxygen atoms in total. The van der Waals surface area contributed by atoms with Crippen molar-refractivity contribution in [3.63, 3.8) is 0 Å². The Labute approximate surface area is 102 Å². The largest absolute Gasteiger partial charge is 0.484 e. The van der Waals surface area contributed by atoms with Crippen molar-refractivity contribution >= 4 is 16.2 Å². The quantitative estimate of drug-likeness (QED) is 0.454. The SMILES string of the molecule is [CH2-]C(=O)OC/C=C/S(F)(F)(F)(F)F.[Y]. The van der Waals surface area contributed by atoms with E-state index in [0.717, 1.165) is 0 Å². The van der Waals surface area contributed by atoms with E-state index in [9.17, 15) is 24.2 Å². The molecule has 0 saturated carbocycles. The molecule has 14 heavy (non-hydrogen) atoms. The van der Waals surface area contributed by atoms with Gasteiger partial charge >= 0.3 is 10.2 Å². The van der Waals surface area contributed by atoms with E-state index in [4.69, 9.17) is 0 Å². The van der Waals surface area contributed by atoms with Crippen LogP contribution in [0.1, 0.15) is 0 Å². The van der Waals surface area contributed by atoms with Crippen molar-refractivity contribution in [2.45, 2.75) is 0 Å². The van der Waals surface area contributed by atoms with E-state index in [1.54, 1.807) is 0 Å². The van der Waals surface area contributed by atoms with Crippen LogP contribution < -0.4 is 0 Å². The number of rotatable bonds is 3. The van der Waals surface area contributed by atoms with E-state index in [1.807, 2.05) is 0 Å². The van der Waals surface area contributed by atoms with E-state index in [2.05, 4.69) is 11.7 Å². The van der Waals surface area contributed by atoms with Gasteiger partial charge in [-0.3, -0.25) is 11.7 Å². The van der Waals surface area contributed by atoms with Gasteiger partial charge in [-0.2, -0.15) is 0 Å². The summed E-state index contributed by atoms with van der Waals surface area (Å²) in [7, 11) is -9.51. The van der Waals surface area contributed by atoms with Gasteiger partial charge in [-0.1, -0.05) is 19.4 Å². The van der Waals surface area contributed by atoms with Crippen LogP contribution in [0.2, 0.25) is 0 Å². The van der Waals surface area contributed by atoms with Crippen LogP contribution in [0.25, 0.3) is 0 Å². The molecule has 83 valence electrons. The molecule has 0 unspecified atom stereocenters. The summed E-state index contributed by atoms with van der Waals surface area (Å²) in [5.41, 5.74) is 0. The molecule has 0 bridgehead atoms. The van der Waals surface area contributed by atoms with Crippen LogP contribution in [-0.2, 0) is 42.2 Å². The summed E-state index contributed by atoms with van der Waals surface area (Å²) in [6.07, 6.45) is 0.0185. The van der Waals surface area contributed by atoms with Crippen molar-refractivity contribution in [1.82, 2.24) is 0 Å². The molecule has 0 aliphatic heterocycles. The minimum Gasteiger partial charge on any atom is -0.484 e. The number of ether oxygens (including phenoxy) is 1. The molecule has 0 aromatic heterocycles. The molecule has 0 spiro atoms. The molecule has 0 saturated heterocycles. The van der Waals surface area contributed by atoms with Crippen LogP contribution in [0, 0.1) is 6.92 Å². The van der Waals surface area contributed by atoms with E-state index in [1.165, 1.54) is 0 Å². The van der Waals surface area contributed by atoms with Crippen molar-refractivity contribution in [3.05, 3.63) is 18.4 Å². The number of hydrogen-bond donors (Lipinski definition) is 0. The summed E-state index contributed by atoms with van der Waals surface area (Å²) in [4.78, 5) is 9.90. The molecule has 0 N–H and O–H groups in total. The zero-order valence-electron chi connectivity index (χ0n) is 6.76. The second kappa shape index (κ2) is 3.98. The summed E-state index contributed by atoms with van der Waals surface area (Å²) in [5, 5.41) is -1.18. The Morgan fingerprint density at radius 2 is 1.71 bits per heavy atom. The Hall–Kier alpha value is 0.184. The second-order valence-corrected chi connectivity index (χ2v) is 4.41. The van der Waals surface area contributed by atoms with Crippen molar-refractivity contribution < 1.29 is 61.7 Å². The number of esters is 1. The molecule has 0 atom stereocenters. The summed E-state index contributed by atoms with van der Waals surface area (Å²) in [6, 6.07) is 0. The number of carbonyl (C=O) groups excluding carboxylic acids is 1. The van der Waals surface area contributed by atoms with E-state index < -0.39 is 28.2 Å². The predicted octanol–water partition coefficient (Wildman–Crippen LogP) is 3.17. The molecule has 0 amide bonds.